The highest BCUT2D eigenvalue weighted by Crippen LogP contribution is 2.54. The van der Waals surface area contributed by atoms with Gasteiger partial charge in [0.15, 0.2) is 0 Å². The zero-order valence-electron chi connectivity index (χ0n) is 18.8. The fourth-order valence-electron chi connectivity index (χ4n) is 6.08. The second-order valence-corrected chi connectivity index (χ2v) is 10.6. The molecule has 0 radical (unpaired) electrons. The number of carbonyl (C=O) groups excluding carboxylic acids is 1. The van der Waals surface area contributed by atoms with E-state index in [1.165, 1.54) is 24.8 Å². The summed E-state index contributed by atoms with van der Waals surface area (Å²) in [5.41, 5.74) is 2.97. The maximum atomic E-state index is 13.8. The van der Waals surface area contributed by atoms with Crippen LogP contribution in [0.1, 0.15) is 57.2 Å². The van der Waals surface area contributed by atoms with E-state index in [2.05, 4.69) is 54.9 Å². The van der Waals surface area contributed by atoms with Crippen LogP contribution in [-0.4, -0.2) is 46.9 Å². The molecule has 4 rings (SSSR count). The zero-order chi connectivity index (χ0) is 21.4. The molecule has 1 aliphatic heterocycles. The lowest BCUT2D eigenvalue weighted by atomic mass is 9.65. The molecule has 30 heavy (non-hydrogen) atoms. The molecule has 3 atom stereocenters. The van der Waals surface area contributed by atoms with Crippen molar-refractivity contribution in [2.45, 2.75) is 58.5 Å². The molecule has 1 saturated heterocycles. The van der Waals surface area contributed by atoms with Crippen molar-refractivity contribution in [3.8, 4) is 0 Å². The summed E-state index contributed by atoms with van der Waals surface area (Å²) < 4.78 is 0. The van der Waals surface area contributed by atoms with E-state index < -0.39 is 0 Å². The molecule has 3 unspecified atom stereocenters. The van der Waals surface area contributed by atoms with Crippen molar-refractivity contribution in [2.75, 3.05) is 20.1 Å². The monoisotopic (exact) mass is 405 g/mol. The molecule has 0 spiro atoms. The summed E-state index contributed by atoms with van der Waals surface area (Å²) in [4.78, 5) is 22.3. The summed E-state index contributed by atoms with van der Waals surface area (Å²) >= 11 is 0. The van der Waals surface area contributed by atoms with Crippen LogP contribution in [0.25, 0.3) is 0 Å². The van der Waals surface area contributed by atoms with E-state index >= 15 is 0 Å². The van der Waals surface area contributed by atoms with E-state index in [9.17, 15) is 4.79 Å². The van der Waals surface area contributed by atoms with Crippen LogP contribution in [-0.2, 0) is 11.2 Å². The first kappa shape index (κ1) is 21.0. The molecule has 4 heteroatoms. The van der Waals surface area contributed by atoms with Crippen molar-refractivity contribution in [1.29, 1.82) is 0 Å². The van der Waals surface area contributed by atoms with Gasteiger partial charge in [-0.05, 0) is 59.8 Å². The number of nitrogens with zero attached hydrogens (tertiary/aromatic N) is 3. The van der Waals surface area contributed by atoms with E-state index in [0.29, 0.717) is 23.4 Å². The van der Waals surface area contributed by atoms with Crippen LogP contribution in [0.4, 0.5) is 0 Å². The minimum atomic E-state index is -0.200. The SMILES string of the molecule is CN(CCc1ccncc1)C(=O)C(c1ccccc1)N1CC2(C)CC1CC(C)(C)C2. The molecule has 0 N–H and O–H groups in total. The van der Waals surface area contributed by atoms with Crippen LogP contribution in [0.5, 0.6) is 0 Å². The van der Waals surface area contributed by atoms with Crippen molar-refractivity contribution >= 4 is 5.91 Å². The second kappa shape index (κ2) is 8.14. The summed E-state index contributed by atoms with van der Waals surface area (Å²) in [7, 11) is 1.95. The van der Waals surface area contributed by atoms with Crippen LogP contribution in [0.3, 0.4) is 0 Å². The minimum absolute atomic E-state index is 0.200. The van der Waals surface area contributed by atoms with Gasteiger partial charge in [-0.25, -0.2) is 0 Å². The minimum Gasteiger partial charge on any atom is -0.344 e. The number of hydrogen-bond acceptors (Lipinski definition) is 3. The van der Waals surface area contributed by atoms with Gasteiger partial charge in [-0.3, -0.25) is 14.7 Å². The Morgan fingerprint density at radius 3 is 2.53 bits per heavy atom. The van der Waals surface area contributed by atoms with Crippen molar-refractivity contribution in [3.05, 3.63) is 66.0 Å². The van der Waals surface area contributed by atoms with Gasteiger partial charge < -0.3 is 4.90 Å². The van der Waals surface area contributed by atoms with E-state index in [4.69, 9.17) is 0 Å². The first-order valence-electron chi connectivity index (χ1n) is 11.2. The molecule has 1 aromatic heterocycles. The molecule has 2 aromatic rings. The highest BCUT2D eigenvalue weighted by molar-refractivity contribution is 5.83. The number of benzene rings is 1. The van der Waals surface area contributed by atoms with Gasteiger partial charge in [0.2, 0.25) is 5.91 Å². The third-order valence-electron chi connectivity index (χ3n) is 7.00. The number of fused-ring (bicyclic) bond motifs is 2. The number of hydrogen-bond donors (Lipinski definition) is 0. The van der Waals surface area contributed by atoms with Gasteiger partial charge >= 0.3 is 0 Å². The summed E-state index contributed by atoms with van der Waals surface area (Å²) in [6.45, 7) is 8.92. The predicted molar refractivity (Wildman–Crippen MR) is 121 cm³/mol. The maximum Gasteiger partial charge on any atom is 0.244 e. The van der Waals surface area contributed by atoms with Gasteiger partial charge in [0.05, 0.1) is 0 Å². The summed E-state index contributed by atoms with van der Waals surface area (Å²) in [5.74, 6) is 0.212. The molecule has 1 saturated carbocycles. The topological polar surface area (TPSA) is 36.4 Å². The quantitative estimate of drug-likeness (QED) is 0.697. The average molecular weight is 406 g/mol. The normalized spacial score (nSPS) is 26.3. The Bertz CT molecular complexity index is 866. The Morgan fingerprint density at radius 2 is 1.83 bits per heavy atom. The van der Waals surface area contributed by atoms with Crippen molar-refractivity contribution in [3.63, 3.8) is 0 Å². The predicted octanol–water partition coefficient (Wildman–Crippen LogP) is 4.72. The smallest absolute Gasteiger partial charge is 0.244 e. The first-order chi connectivity index (χ1) is 14.3. The molecule has 2 aliphatic rings. The molecular weight excluding hydrogens is 370 g/mol. The molecule has 2 heterocycles. The van der Waals surface area contributed by atoms with Crippen LogP contribution >= 0.6 is 0 Å². The number of aromatic nitrogens is 1. The Labute approximate surface area is 181 Å². The third-order valence-corrected chi connectivity index (χ3v) is 7.00. The zero-order valence-corrected chi connectivity index (χ0v) is 18.8. The Hall–Kier alpha value is -2.20. The Balaban J connectivity index is 1.57. The van der Waals surface area contributed by atoms with Crippen molar-refractivity contribution in [1.82, 2.24) is 14.8 Å². The first-order valence-corrected chi connectivity index (χ1v) is 11.2. The molecule has 1 aromatic carbocycles. The highest BCUT2D eigenvalue weighted by atomic mass is 16.2. The summed E-state index contributed by atoms with van der Waals surface area (Å²) in [6.07, 6.45) is 8.09. The molecule has 1 amide bonds. The lowest BCUT2D eigenvalue weighted by molar-refractivity contribution is -0.136. The number of likely N-dealkylation sites (tertiary alicyclic amines) is 1. The Morgan fingerprint density at radius 1 is 1.13 bits per heavy atom. The van der Waals surface area contributed by atoms with Crippen LogP contribution < -0.4 is 0 Å². The second-order valence-electron chi connectivity index (χ2n) is 10.6. The van der Waals surface area contributed by atoms with Gasteiger partial charge in [0.1, 0.15) is 6.04 Å². The van der Waals surface area contributed by atoms with Crippen LogP contribution in [0.15, 0.2) is 54.9 Å². The van der Waals surface area contributed by atoms with E-state index in [1.807, 2.05) is 42.5 Å². The number of carbonyl (C=O) groups is 1. The van der Waals surface area contributed by atoms with E-state index in [0.717, 1.165) is 18.5 Å². The number of pyridine rings is 1. The largest absolute Gasteiger partial charge is 0.344 e. The average Bonchev–Trinajstić information content (AvgIpc) is 2.96. The number of likely N-dealkylation sites (N-methyl/N-ethyl adjacent to an activating group) is 1. The standard InChI is InChI=1S/C26H35N3O/c1-25(2)16-22-17-26(3,18-25)19-29(22)23(21-8-6-5-7-9-21)24(30)28(4)15-12-20-10-13-27-14-11-20/h5-11,13-14,22-23H,12,15-19H2,1-4H3. The van der Waals surface area contributed by atoms with Crippen molar-refractivity contribution in [2.24, 2.45) is 10.8 Å². The molecule has 1 aliphatic carbocycles. The number of amides is 1. The van der Waals surface area contributed by atoms with E-state index in [-0.39, 0.29) is 11.9 Å². The molecule has 4 nitrogen and oxygen atoms in total. The lowest BCUT2D eigenvalue weighted by Crippen LogP contribution is -2.44. The van der Waals surface area contributed by atoms with Gasteiger partial charge in [-0.15, -0.1) is 0 Å². The van der Waals surface area contributed by atoms with E-state index in [1.54, 1.807) is 0 Å². The Kier molecular flexibility index (Phi) is 5.71. The summed E-state index contributed by atoms with van der Waals surface area (Å²) in [5, 5.41) is 0. The lowest BCUT2D eigenvalue weighted by Gasteiger charge is -2.40. The molecule has 2 bridgehead atoms. The maximum absolute atomic E-state index is 13.8. The fourth-order valence-corrected chi connectivity index (χ4v) is 6.08. The van der Waals surface area contributed by atoms with Gasteiger partial charge in [0, 0.05) is 38.6 Å². The van der Waals surface area contributed by atoms with Gasteiger partial charge in [-0.1, -0.05) is 51.1 Å². The molecule has 160 valence electrons. The number of rotatable bonds is 6. The fraction of sp³-hybridized carbons (Fsp3) is 0.538. The van der Waals surface area contributed by atoms with Gasteiger partial charge in [-0.2, -0.15) is 0 Å². The van der Waals surface area contributed by atoms with Crippen molar-refractivity contribution < 1.29 is 4.79 Å². The molecular formula is C26H35N3O. The highest BCUT2D eigenvalue weighted by Gasteiger charge is 2.52. The van der Waals surface area contributed by atoms with Crippen LogP contribution in [0, 0.1) is 10.8 Å². The van der Waals surface area contributed by atoms with Gasteiger partial charge in [0.25, 0.3) is 0 Å². The molecule has 2 fully saturated rings. The third kappa shape index (κ3) is 4.44. The summed E-state index contributed by atoms with van der Waals surface area (Å²) in [6, 6.07) is 14.7. The van der Waals surface area contributed by atoms with Crippen LogP contribution in [0.2, 0.25) is 0 Å².